The molecule has 5 nitrogen and oxygen atoms in total. The number of carbonyl (C=O) groups is 2. The van der Waals surface area contributed by atoms with E-state index in [1.54, 1.807) is 24.3 Å². The lowest BCUT2D eigenvalue weighted by Crippen LogP contribution is -2.27. The number of halogens is 1. The van der Waals surface area contributed by atoms with Gasteiger partial charge in [-0.1, -0.05) is 48.0 Å². The lowest BCUT2D eigenvalue weighted by molar-refractivity contribution is -0.123. The largest absolute Gasteiger partial charge is 0.490 e. The minimum Gasteiger partial charge on any atom is -0.490 e. The van der Waals surface area contributed by atoms with E-state index < -0.39 is 0 Å². The fourth-order valence-corrected chi connectivity index (χ4v) is 4.06. The van der Waals surface area contributed by atoms with Crippen LogP contribution in [0.2, 0.25) is 0 Å². The molecule has 4 rings (SSSR count). The van der Waals surface area contributed by atoms with Crippen molar-refractivity contribution in [2.75, 3.05) is 13.2 Å². The number of hydrogen-bond donors (Lipinski definition) is 0. The van der Waals surface area contributed by atoms with Crippen LogP contribution in [0.1, 0.15) is 16.7 Å². The highest BCUT2D eigenvalue weighted by atomic mass is 32.2. The van der Waals surface area contributed by atoms with Crippen LogP contribution >= 0.6 is 11.8 Å². The molecule has 33 heavy (non-hydrogen) atoms. The Morgan fingerprint density at radius 2 is 1.61 bits per heavy atom. The van der Waals surface area contributed by atoms with Gasteiger partial charge in [-0.3, -0.25) is 14.5 Å². The van der Waals surface area contributed by atoms with E-state index >= 15 is 0 Å². The highest BCUT2D eigenvalue weighted by Crippen LogP contribution is 2.34. The smallest absolute Gasteiger partial charge is 0.293 e. The average molecular weight is 464 g/mol. The van der Waals surface area contributed by atoms with Crippen molar-refractivity contribution >= 4 is 29.0 Å². The van der Waals surface area contributed by atoms with Crippen molar-refractivity contribution in [3.05, 3.63) is 100 Å². The SMILES string of the molecule is Cc1ccc(OCCOc2ccccc2/C=C2\SC(=O)N(Cc3ccc(F)cc3)C2=O)cc1. The zero-order valence-corrected chi connectivity index (χ0v) is 18.8. The van der Waals surface area contributed by atoms with E-state index in [1.807, 2.05) is 49.4 Å². The van der Waals surface area contributed by atoms with Gasteiger partial charge < -0.3 is 9.47 Å². The number of rotatable bonds is 8. The van der Waals surface area contributed by atoms with Gasteiger partial charge in [0.15, 0.2) is 0 Å². The molecule has 0 bridgehead atoms. The Bertz CT molecular complexity index is 1180. The van der Waals surface area contributed by atoms with E-state index in [0.29, 0.717) is 35.0 Å². The molecule has 7 heteroatoms. The molecule has 1 saturated heterocycles. The number of carbonyl (C=O) groups excluding carboxylic acids is 2. The Morgan fingerprint density at radius 3 is 2.36 bits per heavy atom. The summed E-state index contributed by atoms with van der Waals surface area (Å²) in [5, 5.41) is -0.361. The topological polar surface area (TPSA) is 55.8 Å². The van der Waals surface area contributed by atoms with Crippen LogP contribution in [0.4, 0.5) is 9.18 Å². The van der Waals surface area contributed by atoms with E-state index in [-0.39, 0.29) is 23.5 Å². The summed E-state index contributed by atoms with van der Waals surface area (Å²) in [5.41, 5.74) is 2.53. The van der Waals surface area contributed by atoms with Crippen LogP contribution in [0.3, 0.4) is 0 Å². The van der Waals surface area contributed by atoms with Gasteiger partial charge >= 0.3 is 0 Å². The molecule has 0 unspecified atom stereocenters. The summed E-state index contributed by atoms with van der Waals surface area (Å²) in [6.07, 6.45) is 1.66. The number of benzene rings is 3. The minimum atomic E-state index is -0.383. The predicted octanol–water partition coefficient (Wildman–Crippen LogP) is 5.83. The van der Waals surface area contributed by atoms with Gasteiger partial charge in [-0.2, -0.15) is 0 Å². The molecule has 0 radical (unpaired) electrons. The Hall–Kier alpha value is -3.58. The molecule has 0 saturated carbocycles. The predicted molar refractivity (Wildman–Crippen MR) is 127 cm³/mol. The summed E-state index contributed by atoms with van der Waals surface area (Å²) >= 11 is 0.879. The maximum atomic E-state index is 13.1. The van der Waals surface area contributed by atoms with E-state index in [1.165, 1.54) is 12.1 Å². The molecule has 1 aliphatic heterocycles. The van der Waals surface area contributed by atoms with Crippen molar-refractivity contribution in [1.82, 2.24) is 4.90 Å². The van der Waals surface area contributed by atoms with Crippen molar-refractivity contribution in [2.45, 2.75) is 13.5 Å². The van der Waals surface area contributed by atoms with Gasteiger partial charge in [-0.15, -0.1) is 0 Å². The summed E-state index contributed by atoms with van der Waals surface area (Å²) in [6.45, 7) is 2.80. The maximum Gasteiger partial charge on any atom is 0.293 e. The second-order valence-corrected chi connectivity index (χ2v) is 8.44. The molecule has 0 atom stereocenters. The fourth-order valence-electron chi connectivity index (χ4n) is 3.23. The number of ether oxygens (including phenoxy) is 2. The second kappa shape index (κ2) is 10.4. The fraction of sp³-hybridized carbons (Fsp3) is 0.154. The third kappa shape index (κ3) is 5.81. The molecular weight excluding hydrogens is 441 g/mol. The molecule has 1 fully saturated rings. The van der Waals surface area contributed by atoms with Gasteiger partial charge in [-0.05, 0) is 60.7 Å². The van der Waals surface area contributed by atoms with Crippen LogP contribution < -0.4 is 9.47 Å². The van der Waals surface area contributed by atoms with Crippen molar-refractivity contribution in [1.29, 1.82) is 0 Å². The normalized spacial score (nSPS) is 14.7. The molecule has 0 spiro atoms. The molecule has 3 aromatic rings. The molecule has 3 aromatic carbocycles. The summed E-state index contributed by atoms with van der Waals surface area (Å²) < 4.78 is 24.7. The van der Waals surface area contributed by atoms with E-state index in [0.717, 1.165) is 28.0 Å². The molecule has 2 amide bonds. The third-order valence-electron chi connectivity index (χ3n) is 4.96. The second-order valence-electron chi connectivity index (χ2n) is 7.44. The van der Waals surface area contributed by atoms with Crippen LogP contribution in [-0.2, 0) is 11.3 Å². The minimum absolute atomic E-state index is 0.0940. The zero-order valence-electron chi connectivity index (χ0n) is 18.0. The Morgan fingerprint density at radius 1 is 0.909 bits per heavy atom. The van der Waals surface area contributed by atoms with Gasteiger partial charge in [-0.25, -0.2) is 4.39 Å². The number of thioether (sulfide) groups is 1. The van der Waals surface area contributed by atoms with Crippen molar-refractivity contribution in [2.24, 2.45) is 0 Å². The molecule has 0 N–H and O–H groups in total. The molecule has 1 aliphatic rings. The molecular formula is C26H22FNO4S. The van der Waals surface area contributed by atoms with Gasteiger partial charge in [0, 0.05) is 5.56 Å². The quantitative estimate of drug-likeness (QED) is 0.311. The number of amides is 2. The Balaban J connectivity index is 1.40. The van der Waals surface area contributed by atoms with Crippen LogP contribution in [-0.4, -0.2) is 29.3 Å². The van der Waals surface area contributed by atoms with Gasteiger partial charge in [0.2, 0.25) is 0 Å². The lowest BCUT2D eigenvalue weighted by Gasteiger charge is -2.12. The lowest BCUT2D eigenvalue weighted by atomic mass is 10.1. The van der Waals surface area contributed by atoms with E-state index in [4.69, 9.17) is 9.47 Å². The standard InChI is InChI=1S/C26H22FNO4S/c1-18-6-12-22(13-7-18)31-14-15-32-23-5-3-2-4-20(23)16-24-25(29)28(26(30)33-24)17-19-8-10-21(27)11-9-19/h2-13,16H,14-15,17H2,1H3/b24-16-. The Labute approximate surface area is 195 Å². The Kier molecular flexibility index (Phi) is 7.10. The number of nitrogens with zero attached hydrogens (tertiary/aromatic N) is 1. The summed E-state index contributed by atoms with van der Waals surface area (Å²) in [5.74, 6) is 0.614. The van der Waals surface area contributed by atoms with Gasteiger partial charge in [0.1, 0.15) is 30.5 Å². The highest BCUT2D eigenvalue weighted by Gasteiger charge is 2.35. The number of para-hydroxylation sites is 1. The van der Waals surface area contributed by atoms with Crippen LogP contribution in [0.15, 0.2) is 77.7 Å². The summed E-state index contributed by atoms with van der Waals surface area (Å²) in [6, 6.07) is 20.8. The zero-order chi connectivity index (χ0) is 23.2. The molecule has 1 heterocycles. The summed E-state index contributed by atoms with van der Waals surface area (Å²) in [4.78, 5) is 26.7. The number of aryl methyl sites for hydroxylation is 1. The van der Waals surface area contributed by atoms with Crippen molar-refractivity contribution < 1.29 is 23.5 Å². The van der Waals surface area contributed by atoms with Crippen molar-refractivity contribution in [3.63, 3.8) is 0 Å². The monoisotopic (exact) mass is 463 g/mol. The van der Waals surface area contributed by atoms with Crippen LogP contribution in [0.25, 0.3) is 6.08 Å². The van der Waals surface area contributed by atoms with Crippen molar-refractivity contribution in [3.8, 4) is 11.5 Å². The molecule has 0 aromatic heterocycles. The van der Waals surface area contributed by atoms with Crippen LogP contribution in [0, 0.1) is 12.7 Å². The molecule has 168 valence electrons. The number of imide groups is 1. The third-order valence-corrected chi connectivity index (χ3v) is 5.87. The van der Waals surface area contributed by atoms with Gasteiger partial charge in [0.05, 0.1) is 11.4 Å². The van der Waals surface area contributed by atoms with E-state index in [2.05, 4.69) is 0 Å². The first kappa shape index (κ1) is 22.6. The molecule has 0 aliphatic carbocycles. The van der Waals surface area contributed by atoms with E-state index in [9.17, 15) is 14.0 Å². The van der Waals surface area contributed by atoms with Gasteiger partial charge in [0.25, 0.3) is 11.1 Å². The summed E-state index contributed by atoms with van der Waals surface area (Å²) in [7, 11) is 0. The first-order chi connectivity index (χ1) is 16.0. The average Bonchev–Trinajstić information content (AvgIpc) is 3.07. The highest BCUT2D eigenvalue weighted by molar-refractivity contribution is 8.18. The first-order valence-electron chi connectivity index (χ1n) is 10.4. The maximum absolute atomic E-state index is 13.1. The number of hydrogen-bond acceptors (Lipinski definition) is 5. The van der Waals surface area contributed by atoms with Crippen LogP contribution in [0.5, 0.6) is 11.5 Å². The first-order valence-corrected chi connectivity index (χ1v) is 11.2.